The van der Waals surface area contributed by atoms with Crippen molar-refractivity contribution >= 4 is 22.2 Å². The first-order chi connectivity index (χ1) is 11.2. The zero-order valence-electron chi connectivity index (χ0n) is 13.1. The number of nitrogens with one attached hydrogen (secondary N) is 1. The molecule has 1 aromatic rings. The van der Waals surface area contributed by atoms with Crippen LogP contribution in [0, 0.1) is 10.1 Å². The number of halogens is 3. The van der Waals surface area contributed by atoms with Gasteiger partial charge in [-0.25, -0.2) is 0 Å². The maximum Gasteiger partial charge on any atom is 0.416 e. The van der Waals surface area contributed by atoms with Gasteiger partial charge in [-0.3, -0.25) is 14.3 Å². The van der Waals surface area contributed by atoms with E-state index in [9.17, 15) is 27.5 Å². The van der Waals surface area contributed by atoms with Gasteiger partial charge in [-0.15, -0.1) is 0 Å². The number of nitro benzene ring substituents is 1. The average molecular weight is 364 g/mol. The van der Waals surface area contributed by atoms with Gasteiger partial charge in [-0.05, 0) is 31.4 Å². The zero-order chi connectivity index (χ0) is 17.9. The van der Waals surface area contributed by atoms with Gasteiger partial charge in [0.25, 0.3) is 5.69 Å². The summed E-state index contributed by atoms with van der Waals surface area (Å²) in [4.78, 5) is 10.3. The van der Waals surface area contributed by atoms with Gasteiger partial charge in [0.1, 0.15) is 5.69 Å². The van der Waals surface area contributed by atoms with E-state index in [0.29, 0.717) is 18.2 Å². The smallest absolute Gasteiger partial charge is 0.377 e. The van der Waals surface area contributed by atoms with E-state index < -0.39 is 33.2 Å². The van der Waals surface area contributed by atoms with Crippen LogP contribution in [-0.4, -0.2) is 26.2 Å². The molecule has 1 fully saturated rings. The molecule has 24 heavy (non-hydrogen) atoms. The van der Waals surface area contributed by atoms with Crippen LogP contribution in [0.5, 0.6) is 0 Å². The van der Waals surface area contributed by atoms with Gasteiger partial charge in [0, 0.05) is 33.9 Å². The van der Waals surface area contributed by atoms with Gasteiger partial charge in [-0.2, -0.15) is 13.2 Å². The molecule has 1 aliphatic rings. The third-order valence-electron chi connectivity index (χ3n) is 4.16. The highest BCUT2D eigenvalue weighted by atomic mass is 32.2. The first kappa shape index (κ1) is 18.7. The summed E-state index contributed by atoms with van der Waals surface area (Å²) in [7, 11) is -0.944. The molecular weight excluding hydrogens is 345 g/mol. The van der Waals surface area contributed by atoms with Gasteiger partial charge in [0.05, 0.1) is 10.5 Å². The van der Waals surface area contributed by atoms with E-state index in [1.807, 2.05) is 6.92 Å². The van der Waals surface area contributed by atoms with E-state index in [2.05, 4.69) is 5.32 Å². The van der Waals surface area contributed by atoms with Crippen molar-refractivity contribution in [1.82, 2.24) is 0 Å². The summed E-state index contributed by atoms with van der Waals surface area (Å²) in [6.07, 6.45) is -1.61. The van der Waals surface area contributed by atoms with Crippen molar-refractivity contribution in [3.63, 3.8) is 0 Å². The van der Waals surface area contributed by atoms with Crippen LogP contribution in [0.15, 0.2) is 18.2 Å². The SMILES string of the molecule is CCS(=O)C1CCCC(Nc2ccc(C(F)(F)F)cc2[N+](=O)[O-])C1. The van der Waals surface area contributed by atoms with Crippen molar-refractivity contribution in [2.75, 3.05) is 11.1 Å². The number of anilines is 1. The number of benzene rings is 1. The van der Waals surface area contributed by atoms with Gasteiger partial charge >= 0.3 is 6.18 Å². The number of nitro groups is 1. The maximum atomic E-state index is 12.7. The molecule has 1 saturated carbocycles. The summed E-state index contributed by atoms with van der Waals surface area (Å²) in [6.45, 7) is 1.84. The molecule has 134 valence electrons. The fraction of sp³-hybridized carbons (Fsp3) is 0.600. The number of nitrogens with zero attached hydrogens (tertiary/aromatic N) is 1. The minimum absolute atomic E-state index is 0.0229. The number of hydrogen-bond donors (Lipinski definition) is 1. The standard InChI is InChI=1S/C15H19F3N2O3S/c1-2-24(23)12-5-3-4-11(9-12)19-13-7-6-10(15(16,17)18)8-14(13)20(21)22/h6-8,11-12,19H,2-5,9H2,1H3. The third kappa shape index (κ3) is 4.46. The number of hydrogen-bond acceptors (Lipinski definition) is 4. The van der Waals surface area contributed by atoms with E-state index in [1.54, 1.807) is 0 Å². The molecule has 0 heterocycles. The van der Waals surface area contributed by atoms with Crippen molar-refractivity contribution in [2.45, 2.75) is 50.1 Å². The van der Waals surface area contributed by atoms with Crippen molar-refractivity contribution in [3.05, 3.63) is 33.9 Å². The van der Waals surface area contributed by atoms with Crippen molar-refractivity contribution < 1.29 is 22.3 Å². The first-order valence-electron chi connectivity index (χ1n) is 7.71. The lowest BCUT2D eigenvalue weighted by Gasteiger charge is -2.29. The topological polar surface area (TPSA) is 72.2 Å². The molecule has 0 saturated heterocycles. The normalized spacial score (nSPS) is 22.8. The van der Waals surface area contributed by atoms with Crippen LogP contribution in [0.25, 0.3) is 0 Å². The highest BCUT2D eigenvalue weighted by Gasteiger charge is 2.33. The molecule has 1 aliphatic carbocycles. The second kappa shape index (κ2) is 7.50. The molecule has 5 nitrogen and oxygen atoms in total. The second-order valence-electron chi connectivity index (χ2n) is 5.79. The molecule has 0 aromatic heterocycles. The summed E-state index contributed by atoms with van der Waals surface area (Å²) >= 11 is 0. The van der Waals surface area contributed by atoms with Crippen LogP contribution < -0.4 is 5.32 Å². The highest BCUT2D eigenvalue weighted by Crippen LogP contribution is 2.36. The number of alkyl halides is 3. The minimum Gasteiger partial charge on any atom is -0.377 e. The summed E-state index contributed by atoms with van der Waals surface area (Å²) < 4.78 is 50.1. The van der Waals surface area contributed by atoms with Gasteiger partial charge in [-0.1, -0.05) is 13.3 Å². The fourth-order valence-corrected chi connectivity index (χ4v) is 4.30. The molecule has 1 N–H and O–H groups in total. The predicted octanol–water partition coefficient (Wildman–Crippen LogP) is 4.11. The Hall–Kier alpha value is -1.64. The molecule has 0 amide bonds. The average Bonchev–Trinajstić information content (AvgIpc) is 2.53. The largest absolute Gasteiger partial charge is 0.416 e. The van der Waals surface area contributed by atoms with Crippen molar-refractivity contribution in [1.29, 1.82) is 0 Å². The zero-order valence-corrected chi connectivity index (χ0v) is 14.0. The molecule has 0 radical (unpaired) electrons. The summed E-state index contributed by atoms with van der Waals surface area (Å²) in [5.74, 6) is 0.553. The molecule has 0 bridgehead atoms. The lowest BCUT2D eigenvalue weighted by molar-refractivity contribution is -0.384. The Bertz CT molecular complexity index is 637. The molecular formula is C15H19F3N2O3S. The lowest BCUT2D eigenvalue weighted by atomic mass is 9.94. The Balaban J connectivity index is 2.20. The molecule has 1 aromatic carbocycles. The van der Waals surface area contributed by atoms with E-state index in [0.717, 1.165) is 31.4 Å². The maximum absolute atomic E-state index is 12.7. The Morgan fingerprint density at radius 3 is 2.67 bits per heavy atom. The molecule has 0 aliphatic heterocycles. The fourth-order valence-electron chi connectivity index (χ4n) is 2.95. The quantitative estimate of drug-likeness (QED) is 0.630. The van der Waals surface area contributed by atoms with E-state index in [4.69, 9.17) is 0 Å². The van der Waals surface area contributed by atoms with Crippen molar-refractivity contribution in [2.24, 2.45) is 0 Å². The summed E-state index contributed by atoms with van der Waals surface area (Å²) in [5, 5.41) is 14.1. The van der Waals surface area contributed by atoms with Crippen LogP contribution in [0.3, 0.4) is 0 Å². The Morgan fingerprint density at radius 1 is 1.38 bits per heavy atom. The van der Waals surface area contributed by atoms with E-state index >= 15 is 0 Å². The molecule has 3 atom stereocenters. The number of rotatable bonds is 5. The van der Waals surface area contributed by atoms with E-state index in [1.165, 1.54) is 0 Å². The molecule has 9 heteroatoms. The Labute approximate surface area is 140 Å². The molecule has 3 unspecified atom stereocenters. The van der Waals surface area contributed by atoms with Crippen LogP contribution in [-0.2, 0) is 17.0 Å². The van der Waals surface area contributed by atoms with Crippen LogP contribution >= 0.6 is 0 Å². The molecule has 0 spiro atoms. The monoisotopic (exact) mass is 364 g/mol. The highest BCUT2D eigenvalue weighted by molar-refractivity contribution is 7.85. The lowest BCUT2D eigenvalue weighted by Crippen LogP contribution is -2.33. The minimum atomic E-state index is -4.63. The molecule has 2 rings (SSSR count). The van der Waals surface area contributed by atoms with Gasteiger partial charge in [0.2, 0.25) is 0 Å². The van der Waals surface area contributed by atoms with Gasteiger partial charge in [0.15, 0.2) is 0 Å². The second-order valence-corrected chi connectivity index (χ2v) is 7.79. The van der Waals surface area contributed by atoms with Crippen LogP contribution in [0.4, 0.5) is 24.5 Å². The van der Waals surface area contributed by atoms with E-state index in [-0.39, 0.29) is 17.0 Å². The summed E-state index contributed by atoms with van der Waals surface area (Å²) in [6, 6.07) is 2.35. The van der Waals surface area contributed by atoms with Crippen LogP contribution in [0.2, 0.25) is 0 Å². The van der Waals surface area contributed by atoms with Crippen molar-refractivity contribution in [3.8, 4) is 0 Å². The first-order valence-corrected chi connectivity index (χ1v) is 9.10. The Kier molecular flexibility index (Phi) is 5.84. The Morgan fingerprint density at radius 2 is 2.08 bits per heavy atom. The van der Waals surface area contributed by atoms with Gasteiger partial charge < -0.3 is 5.32 Å². The summed E-state index contributed by atoms with van der Waals surface area (Å²) in [5.41, 5.74) is -1.57. The predicted molar refractivity (Wildman–Crippen MR) is 86.4 cm³/mol. The third-order valence-corrected chi connectivity index (χ3v) is 5.90. The van der Waals surface area contributed by atoms with Crippen LogP contribution in [0.1, 0.15) is 38.2 Å².